The summed E-state index contributed by atoms with van der Waals surface area (Å²) < 4.78 is 22.3. The molecule has 1 aromatic heterocycles. The molecule has 0 bridgehead atoms. The van der Waals surface area contributed by atoms with Gasteiger partial charge < -0.3 is 19.9 Å². The van der Waals surface area contributed by atoms with Crippen molar-refractivity contribution in [3.63, 3.8) is 0 Å². The number of fused-ring (bicyclic) bond motifs is 1. The topological polar surface area (TPSA) is 104 Å². The minimum absolute atomic E-state index is 0. The SMILES string of the molecule is CC(C)(C)O.COc1cccc2[n-]cc(CO)c12.[Ce].[O]=[Ce][O-]. The first-order valence-corrected chi connectivity index (χ1v) is 8.74. The molecule has 6 nitrogen and oxygen atoms in total. The number of hydrogen-bond acceptors (Lipinski definition) is 5. The number of aliphatic hydroxyl groups is 2. The molecule has 2 N–H and O–H groups in total. The molecule has 121 valence electrons. The van der Waals surface area contributed by atoms with E-state index in [9.17, 15) is 0 Å². The van der Waals surface area contributed by atoms with Gasteiger partial charge in [0.1, 0.15) is 5.75 Å². The van der Waals surface area contributed by atoms with E-state index in [4.69, 9.17) is 17.2 Å². The van der Waals surface area contributed by atoms with Crippen LogP contribution >= 0.6 is 0 Å². The molecular weight excluding hydrogens is 542 g/mol. The van der Waals surface area contributed by atoms with Crippen molar-refractivity contribution in [1.29, 1.82) is 0 Å². The molecule has 0 unspecified atom stereocenters. The van der Waals surface area contributed by atoms with Crippen molar-refractivity contribution in [3.8, 4) is 5.75 Å². The van der Waals surface area contributed by atoms with Crippen molar-refractivity contribution in [2.75, 3.05) is 7.11 Å². The van der Waals surface area contributed by atoms with Gasteiger partial charge >= 0.3 is 40.5 Å². The van der Waals surface area contributed by atoms with Crippen LogP contribution < -0.4 is 11.0 Å². The zero-order valence-corrected chi connectivity index (χ0v) is 19.4. The Labute approximate surface area is 186 Å². The summed E-state index contributed by atoms with van der Waals surface area (Å²) in [4.78, 5) is 4.16. The fourth-order valence-electron chi connectivity index (χ4n) is 1.45. The van der Waals surface area contributed by atoms with Crippen LogP contribution in [0.1, 0.15) is 26.3 Å². The number of nitrogens with zero attached hydrogens (tertiary/aromatic N) is 1. The van der Waals surface area contributed by atoms with E-state index in [1.807, 2.05) is 18.2 Å². The van der Waals surface area contributed by atoms with E-state index < -0.39 is 43.9 Å². The third-order valence-corrected chi connectivity index (χ3v) is 2.08. The van der Waals surface area contributed by atoms with E-state index in [0.29, 0.717) is 0 Å². The predicted octanol–water partition coefficient (Wildman–Crippen LogP) is 0.767. The number of methoxy groups -OCH3 is 1. The molecule has 0 spiro atoms. The zero-order chi connectivity index (χ0) is 16.5. The summed E-state index contributed by atoms with van der Waals surface area (Å²) in [5, 5.41) is 18.5. The van der Waals surface area contributed by atoms with Gasteiger partial charge in [0.2, 0.25) is 0 Å². The van der Waals surface area contributed by atoms with Gasteiger partial charge in [-0.1, -0.05) is 12.1 Å². The van der Waals surface area contributed by atoms with Crippen molar-refractivity contribution in [2.24, 2.45) is 0 Å². The van der Waals surface area contributed by atoms with E-state index in [-0.39, 0.29) is 48.4 Å². The van der Waals surface area contributed by atoms with Crippen LogP contribution in [0.3, 0.4) is 0 Å². The van der Waals surface area contributed by atoms with Crippen molar-refractivity contribution in [3.05, 3.63) is 30.0 Å². The molecule has 0 atom stereocenters. The van der Waals surface area contributed by atoms with Gasteiger partial charge in [-0.15, -0.1) is 5.52 Å². The summed E-state index contributed by atoms with van der Waals surface area (Å²) in [6.07, 6.45) is 1.67. The van der Waals surface area contributed by atoms with Crippen LogP contribution in [0.5, 0.6) is 5.75 Å². The van der Waals surface area contributed by atoms with Crippen LogP contribution in [0.4, 0.5) is 0 Å². The van der Waals surface area contributed by atoms with Gasteiger partial charge in [-0.2, -0.15) is 6.20 Å². The Morgan fingerprint density at radius 1 is 1.36 bits per heavy atom. The number of hydrogen-bond donors (Lipinski definition) is 2. The summed E-state index contributed by atoms with van der Waals surface area (Å²) in [6, 6.07) is 5.65. The fraction of sp³-hybridized carbons (Fsp3) is 0.429. The second-order valence-corrected chi connectivity index (χ2v) is 5.57. The summed E-state index contributed by atoms with van der Waals surface area (Å²) in [7, 11) is 1.61. The van der Waals surface area contributed by atoms with E-state index in [1.54, 1.807) is 34.1 Å². The van der Waals surface area contributed by atoms with Crippen LogP contribution in [0.15, 0.2) is 24.4 Å². The average Bonchev–Trinajstić information content (AvgIpc) is 2.80. The molecule has 0 aliphatic heterocycles. The van der Waals surface area contributed by atoms with E-state index >= 15 is 0 Å². The Morgan fingerprint density at radius 3 is 2.27 bits per heavy atom. The summed E-state index contributed by atoms with van der Waals surface area (Å²) in [5.74, 6) is 0.763. The second kappa shape index (κ2) is 13.3. The summed E-state index contributed by atoms with van der Waals surface area (Å²) >= 11 is -2.42. The van der Waals surface area contributed by atoms with Crippen LogP contribution in [0.25, 0.3) is 10.9 Å². The van der Waals surface area contributed by atoms with Crippen LogP contribution in [0.2, 0.25) is 0 Å². The monoisotopic (exact) mass is 562 g/mol. The van der Waals surface area contributed by atoms with Crippen LogP contribution in [-0.4, -0.2) is 22.9 Å². The Balaban J connectivity index is 0. The van der Waals surface area contributed by atoms with Crippen molar-refractivity contribution in [2.45, 2.75) is 33.0 Å². The second-order valence-electron chi connectivity index (χ2n) is 5.05. The van der Waals surface area contributed by atoms with Gasteiger partial charge in [-0.25, -0.2) is 0 Å². The first kappa shape index (κ1) is 25.2. The normalized spacial score (nSPS) is 9.41. The molecule has 0 saturated carbocycles. The predicted molar refractivity (Wildman–Crippen MR) is 72.4 cm³/mol. The van der Waals surface area contributed by atoms with Crippen molar-refractivity contribution < 1.29 is 97.2 Å². The average molecular weight is 563 g/mol. The number of benzene rings is 1. The Bertz CT molecular complexity index is 546. The van der Waals surface area contributed by atoms with Crippen LogP contribution in [-0.2, 0) is 7.54 Å². The number of aromatic nitrogens is 1. The van der Waals surface area contributed by atoms with Gasteiger partial charge in [0.25, 0.3) is 0 Å². The molecule has 0 amide bonds. The molecule has 0 fully saturated rings. The Morgan fingerprint density at radius 2 is 1.86 bits per heavy atom. The van der Waals surface area contributed by atoms with E-state index in [1.165, 1.54) is 0 Å². The zero-order valence-electron chi connectivity index (χ0n) is 13.1. The Kier molecular flexibility index (Phi) is 15.3. The third kappa shape index (κ3) is 10.7. The first-order valence-electron chi connectivity index (χ1n) is 6.18. The molecule has 1 aromatic carbocycles. The summed E-state index contributed by atoms with van der Waals surface area (Å²) in [5.41, 5.74) is 1.18. The van der Waals surface area contributed by atoms with Gasteiger partial charge in [0, 0.05) is 47.1 Å². The first-order chi connectivity index (χ1) is 9.78. The van der Waals surface area contributed by atoms with Crippen LogP contribution in [0, 0.1) is 80.0 Å². The molecule has 2 rings (SSSR count). The molecule has 0 aliphatic rings. The van der Waals surface area contributed by atoms with Gasteiger partial charge in [0.05, 0.1) is 19.3 Å². The molecule has 8 heteroatoms. The molecule has 0 aliphatic carbocycles. The fourth-order valence-corrected chi connectivity index (χ4v) is 1.45. The molecule has 0 radical (unpaired) electrons. The summed E-state index contributed by atoms with van der Waals surface area (Å²) in [6.45, 7) is 5.23. The Hall–Kier alpha value is 0.993. The molecule has 2 aromatic rings. The van der Waals surface area contributed by atoms with Gasteiger partial charge in [-0.3, -0.25) is 0 Å². The molecule has 22 heavy (non-hydrogen) atoms. The van der Waals surface area contributed by atoms with Gasteiger partial charge in [0.15, 0.2) is 0 Å². The molecular formula is C14H20Ce2NO5-2. The van der Waals surface area contributed by atoms with E-state index in [2.05, 4.69) is 4.98 Å². The number of ether oxygens (including phenoxy) is 1. The van der Waals surface area contributed by atoms with E-state index in [0.717, 1.165) is 22.2 Å². The number of rotatable bonds is 2. The van der Waals surface area contributed by atoms with Crippen molar-refractivity contribution in [1.82, 2.24) is 4.98 Å². The maximum absolute atomic E-state index is 9.05. The standard InChI is InChI=1S/C10H10NO2.C4H10O.2Ce.2O/c1-13-9-4-2-3-8-10(9)7(6-12)5-11-8;1-4(2,3)5;;;;/h2-5,12H,6H2,1H3;5H,1-3H3;;;;/q-1;;;;;-1. The van der Waals surface area contributed by atoms with Crippen molar-refractivity contribution >= 4 is 10.9 Å². The minimum atomic E-state index is -2.42. The van der Waals surface area contributed by atoms with Gasteiger partial charge in [-0.05, 0) is 32.4 Å². The number of aliphatic hydroxyl groups excluding tert-OH is 1. The maximum atomic E-state index is 9.05. The molecule has 1 heterocycles. The quantitative estimate of drug-likeness (QED) is 0.561. The molecule has 0 saturated heterocycles. The third-order valence-electron chi connectivity index (χ3n) is 2.08.